The number of furan rings is 1. The molecule has 1 heterocycles. The summed E-state index contributed by atoms with van der Waals surface area (Å²) in [5.74, 6) is 0.192. The molecule has 0 saturated carbocycles. The van der Waals surface area contributed by atoms with Gasteiger partial charge in [0.05, 0.1) is 15.6 Å². The lowest BCUT2D eigenvalue weighted by Crippen LogP contribution is -2.33. The second kappa shape index (κ2) is 6.72. The van der Waals surface area contributed by atoms with Gasteiger partial charge in [-0.15, -0.1) is 0 Å². The molecule has 114 valence electrons. The number of benzene rings is 1. The van der Waals surface area contributed by atoms with Crippen molar-refractivity contribution in [3.63, 3.8) is 0 Å². The Morgan fingerprint density at radius 1 is 1.38 bits per heavy atom. The molecule has 0 aliphatic heterocycles. The average Bonchev–Trinajstić information content (AvgIpc) is 2.92. The molecule has 0 bridgehead atoms. The minimum Gasteiger partial charge on any atom is -0.469 e. The van der Waals surface area contributed by atoms with E-state index in [1.54, 1.807) is 19.3 Å². The van der Waals surface area contributed by atoms with Crippen molar-refractivity contribution >= 4 is 26.0 Å². The molecule has 1 unspecified atom stereocenters. The maximum atomic E-state index is 13.4. The molecule has 0 aliphatic carbocycles. The number of sulfonamides is 1. The molecule has 0 fully saturated rings. The second-order valence-corrected chi connectivity index (χ2v) is 7.28. The lowest BCUT2D eigenvalue weighted by molar-refractivity contribution is 0.480. The highest BCUT2D eigenvalue weighted by Crippen LogP contribution is 2.19. The monoisotopic (exact) mass is 375 g/mol. The van der Waals surface area contributed by atoms with E-state index in [1.807, 2.05) is 6.07 Å². The molecular weight excluding hydrogens is 361 g/mol. The predicted octanol–water partition coefficient (Wildman–Crippen LogP) is 3.48. The smallest absolute Gasteiger partial charge is 0.240 e. The molecule has 0 aliphatic rings. The van der Waals surface area contributed by atoms with E-state index in [0.29, 0.717) is 12.8 Å². The van der Waals surface area contributed by atoms with Gasteiger partial charge in [0.1, 0.15) is 11.6 Å². The average molecular weight is 376 g/mol. The van der Waals surface area contributed by atoms with Crippen molar-refractivity contribution in [3.8, 4) is 0 Å². The molecule has 0 amide bonds. The summed E-state index contributed by atoms with van der Waals surface area (Å²) in [4.78, 5) is -0.0898. The first kappa shape index (κ1) is 16.2. The van der Waals surface area contributed by atoms with Gasteiger partial charge in [0, 0.05) is 12.5 Å². The quantitative estimate of drug-likeness (QED) is 0.840. The zero-order valence-corrected chi connectivity index (χ0v) is 13.7. The van der Waals surface area contributed by atoms with E-state index in [9.17, 15) is 12.8 Å². The highest BCUT2D eigenvalue weighted by Gasteiger charge is 2.18. The highest BCUT2D eigenvalue weighted by atomic mass is 79.9. The summed E-state index contributed by atoms with van der Waals surface area (Å²) in [5, 5.41) is 0. The number of halogens is 2. The van der Waals surface area contributed by atoms with Crippen molar-refractivity contribution in [1.82, 2.24) is 4.72 Å². The molecule has 1 aromatic heterocycles. The van der Waals surface area contributed by atoms with Crippen LogP contribution in [0.25, 0.3) is 0 Å². The number of hydrogen-bond donors (Lipinski definition) is 1. The Labute approximate surface area is 131 Å². The Balaban J connectivity index is 2.01. The van der Waals surface area contributed by atoms with Gasteiger partial charge in [-0.3, -0.25) is 0 Å². The van der Waals surface area contributed by atoms with Gasteiger partial charge < -0.3 is 4.42 Å². The molecule has 0 spiro atoms. The van der Waals surface area contributed by atoms with Crippen LogP contribution in [0, 0.1) is 5.82 Å². The van der Waals surface area contributed by atoms with Crippen molar-refractivity contribution in [2.24, 2.45) is 0 Å². The first-order valence-corrected chi connectivity index (χ1v) is 8.66. The van der Waals surface area contributed by atoms with E-state index in [0.717, 1.165) is 11.8 Å². The SMILES string of the molecule is CC(CCc1ccco1)NS(=O)(=O)c1ccc(Br)c(F)c1. The molecular formula is C14H15BrFNO3S. The summed E-state index contributed by atoms with van der Waals surface area (Å²) in [7, 11) is -3.73. The van der Waals surface area contributed by atoms with E-state index in [2.05, 4.69) is 20.7 Å². The largest absolute Gasteiger partial charge is 0.469 e. The van der Waals surface area contributed by atoms with Crippen LogP contribution >= 0.6 is 15.9 Å². The van der Waals surface area contributed by atoms with E-state index in [1.165, 1.54) is 12.1 Å². The van der Waals surface area contributed by atoms with Crippen LogP contribution in [0.5, 0.6) is 0 Å². The van der Waals surface area contributed by atoms with Crippen molar-refractivity contribution in [2.75, 3.05) is 0 Å². The molecule has 1 aromatic carbocycles. The van der Waals surface area contributed by atoms with Crippen LogP contribution < -0.4 is 4.72 Å². The van der Waals surface area contributed by atoms with Crippen molar-refractivity contribution in [3.05, 3.63) is 52.6 Å². The molecule has 7 heteroatoms. The third-order valence-electron chi connectivity index (χ3n) is 2.96. The van der Waals surface area contributed by atoms with Gasteiger partial charge in [-0.25, -0.2) is 17.5 Å². The molecule has 1 N–H and O–H groups in total. The van der Waals surface area contributed by atoms with Crippen LogP contribution in [0.15, 0.2) is 50.4 Å². The Bertz CT molecular complexity index is 701. The molecule has 21 heavy (non-hydrogen) atoms. The summed E-state index contributed by atoms with van der Waals surface area (Å²) in [6.45, 7) is 1.76. The maximum absolute atomic E-state index is 13.4. The minimum atomic E-state index is -3.73. The third-order valence-corrected chi connectivity index (χ3v) is 5.19. The Hall–Kier alpha value is -1.18. The summed E-state index contributed by atoms with van der Waals surface area (Å²) in [6, 6.07) is 7.06. The van der Waals surface area contributed by atoms with Gasteiger partial charge >= 0.3 is 0 Å². The van der Waals surface area contributed by atoms with Crippen molar-refractivity contribution in [1.29, 1.82) is 0 Å². The van der Waals surface area contributed by atoms with Gasteiger partial charge in [-0.1, -0.05) is 0 Å². The molecule has 0 saturated heterocycles. The number of nitrogens with one attached hydrogen (secondary N) is 1. The summed E-state index contributed by atoms with van der Waals surface area (Å²) < 4.78 is 45.7. The Morgan fingerprint density at radius 2 is 2.14 bits per heavy atom. The van der Waals surface area contributed by atoms with Crippen LogP contribution in [0.4, 0.5) is 4.39 Å². The molecule has 1 atom stereocenters. The predicted molar refractivity (Wildman–Crippen MR) is 80.9 cm³/mol. The summed E-state index contributed by atoms with van der Waals surface area (Å²) in [6.07, 6.45) is 2.80. The molecule has 0 radical (unpaired) electrons. The zero-order valence-electron chi connectivity index (χ0n) is 11.3. The number of rotatable bonds is 6. The normalized spacial score (nSPS) is 13.3. The lowest BCUT2D eigenvalue weighted by atomic mass is 10.2. The Kier molecular flexibility index (Phi) is 5.18. The molecule has 4 nitrogen and oxygen atoms in total. The first-order valence-electron chi connectivity index (χ1n) is 6.38. The zero-order chi connectivity index (χ0) is 15.5. The summed E-state index contributed by atoms with van der Waals surface area (Å²) >= 11 is 2.99. The second-order valence-electron chi connectivity index (χ2n) is 4.72. The van der Waals surface area contributed by atoms with Crippen molar-refractivity contribution < 1.29 is 17.2 Å². The van der Waals surface area contributed by atoms with Crippen LogP contribution in [-0.2, 0) is 16.4 Å². The van der Waals surface area contributed by atoms with Crippen molar-refractivity contribution in [2.45, 2.75) is 30.7 Å². The standard InChI is InChI=1S/C14H15BrFNO3S/c1-10(4-5-11-3-2-8-20-11)17-21(18,19)12-6-7-13(15)14(16)9-12/h2-3,6-10,17H,4-5H2,1H3. The summed E-state index contributed by atoms with van der Waals surface area (Å²) in [5.41, 5.74) is 0. The van der Waals surface area contributed by atoms with Crippen LogP contribution in [0.2, 0.25) is 0 Å². The third kappa shape index (κ3) is 4.39. The fourth-order valence-electron chi connectivity index (χ4n) is 1.85. The maximum Gasteiger partial charge on any atom is 0.240 e. The van der Waals surface area contributed by atoms with Gasteiger partial charge in [0.15, 0.2) is 0 Å². The Morgan fingerprint density at radius 3 is 2.76 bits per heavy atom. The van der Waals surface area contributed by atoms with Gasteiger partial charge in [-0.05, 0) is 59.6 Å². The lowest BCUT2D eigenvalue weighted by Gasteiger charge is -2.14. The topological polar surface area (TPSA) is 59.3 Å². The van der Waals surface area contributed by atoms with Crippen LogP contribution in [0.1, 0.15) is 19.1 Å². The van der Waals surface area contributed by atoms with E-state index >= 15 is 0 Å². The van der Waals surface area contributed by atoms with Gasteiger partial charge in [0.25, 0.3) is 0 Å². The fourth-order valence-corrected chi connectivity index (χ4v) is 3.39. The highest BCUT2D eigenvalue weighted by molar-refractivity contribution is 9.10. The minimum absolute atomic E-state index is 0.0898. The van der Waals surface area contributed by atoms with E-state index in [-0.39, 0.29) is 15.4 Å². The first-order chi connectivity index (χ1) is 9.88. The van der Waals surface area contributed by atoms with Crippen LogP contribution in [-0.4, -0.2) is 14.5 Å². The number of hydrogen-bond acceptors (Lipinski definition) is 3. The molecule has 2 rings (SSSR count). The van der Waals surface area contributed by atoms with E-state index in [4.69, 9.17) is 4.42 Å². The molecule has 2 aromatic rings. The fraction of sp³-hybridized carbons (Fsp3) is 0.286. The van der Waals surface area contributed by atoms with E-state index < -0.39 is 15.8 Å². The van der Waals surface area contributed by atoms with Gasteiger partial charge in [0.2, 0.25) is 10.0 Å². The van der Waals surface area contributed by atoms with Crippen LogP contribution in [0.3, 0.4) is 0 Å². The number of aryl methyl sites for hydroxylation is 1. The van der Waals surface area contributed by atoms with Gasteiger partial charge in [-0.2, -0.15) is 0 Å².